The van der Waals surface area contributed by atoms with Crippen molar-refractivity contribution in [3.05, 3.63) is 35.9 Å². The van der Waals surface area contributed by atoms with Crippen LogP contribution in [0.2, 0.25) is 0 Å². The van der Waals surface area contributed by atoms with Crippen LogP contribution in [-0.2, 0) is 11.3 Å². The summed E-state index contributed by atoms with van der Waals surface area (Å²) in [6, 6.07) is 11.0. The monoisotopic (exact) mass is 329 g/mol. The molecule has 1 heterocycles. The van der Waals surface area contributed by atoms with Crippen LogP contribution in [0.1, 0.15) is 44.6 Å². The van der Waals surface area contributed by atoms with Crippen molar-refractivity contribution in [3.8, 4) is 0 Å². The first-order valence-electron chi connectivity index (χ1n) is 9.53. The molecule has 1 aliphatic heterocycles. The summed E-state index contributed by atoms with van der Waals surface area (Å²) in [4.78, 5) is 17.3. The molecule has 1 aromatic rings. The first kappa shape index (κ1) is 17.4. The number of hydrogen-bond donors (Lipinski definition) is 1. The summed E-state index contributed by atoms with van der Waals surface area (Å²) in [6.45, 7) is 7.10. The van der Waals surface area contributed by atoms with Crippen LogP contribution < -0.4 is 5.32 Å². The van der Waals surface area contributed by atoms with E-state index in [-0.39, 0.29) is 11.9 Å². The van der Waals surface area contributed by atoms with Gasteiger partial charge in [-0.15, -0.1) is 0 Å². The van der Waals surface area contributed by atoms with E-state index < -0.39 is 0 Å². The molecule has 1 aromatic carbocycles. The Morgan fingerprint density at radius 2 is 1.75 bits per heavy atom. The first-order chi connectivity index (χ1) is 11.7. The quantitative estimate of drug-likeness (QED) is 0.902. The normalized spacial score (nSPS) is 22.2. The van der Waals surface area contributed by atoms with Gasteiger partial charge in [-0.1, -0.05) is 49.6 Å². The van der Waals surface area contributed by atoms with Gasteiger partial charge in [-0.25, -0.2) is 0 Å². The van der Waals surface area contributed by atoms with Crippen LogP contribution in [0.15, 0.2) is 30.3 Å². The minimum absolute atomic E-state index is 0.00852. The van der Waals surface area contributed by atoms with Crippen LogP contribution in [0.3, 0.4) is 0 Å². The van der Waals surface area contributed by atoms with Crippen molar-refractivity contribution in [3.63, 3.8) is 0 Å². The third-order valence-corrected chi connectivity index (χ3v) is 5.53. The molecule has 24 heavy (non-hydrogen) atoms. The standard InChI is InChI=1S/C20H31N3O/c1-17(20(24)21-19-10-6-3-7-11-19)23-14-12-22(13-15-23)16-18-8-4-2-5-9-18/h2,4-5,8-9,17,19H,3,6-7,10-16H2,1H3,(H,21,24)/t17-/m0/s1. The molecule has 0 spiro atoms. The minimum atomic E-state index is -0.00852. The SMILES string of the molecule is C[C@@H](C(=O)NC1CCCCC1)N1CCN(Cc2ccccc2)CC1. The molecule has 1 aliphatic carbocycles. The van der Waals surface area contributed by atoms with E-state index in [0.29, 0.717) is 6.04 Å². The van der Waals surface area contributed by atoms with Crippen LogP contribution in [0.5, 0.6) is 0 Å². The maximum Gasteiger partial charge on any atom is 0.237 e. The van der Waals surface area contributed by atoms with Gasteiger partial charge >= 0.3 is 0 Å². The summed E-state index contributed by atoms with van der Waals surface area (Å²) < 4.78 is 0. The van der Waals surface area contributed by atoms with Crippen molar-refractivity contribution in [2.24, 2.45) is 0 Å². The zero-order valence-electron chi connectivity index (χ0n) is 14.9. The van der Waals surface area contributed by atoms with Gasteiger partial charge in [0.15, 0.2) is 0 Å². The third-order valence-electron chi connectivity index (χ3n) is 5.53. The van der Waals surface area contributed by atoms with Gasteiger partial charge in [-0.3, -0.25) is 14.6 Å². The largest absolute Gasteiger partial charge is 0.352 e. The average molecular weight is 329 g/mol. The van der Waals surface area contributed by atoms with Gasteiger partial charge in [0.1, 0.15) is 0 Å². The molecular formula is C20H31N3O. The van der Waals surface area contributed by atoms with E-state index in [4.69, 9.17) is 0 Å². The van der Waals surface area contributed by atoms with Crippen molar-refractivity contribution in [1.29, 1.82) is 0 Å². The van der Waals surface area contributed by atoms with Crippen molar-refractivity contribution in [2.75, 3.05) is 26.2 Å². The molecule has 0 radical (unpaired) electrons. The predicted molar refractivity (Wildman–Crippen MR) is 97.8 cm³/mol. The van der Waals surface area contributed by atoms with Gasteiger partial charge in [-0.05, 0) is 25.3 Å². The van der Waals surface area contributed by atoms with E-state index in [2.05, 4.69) is 52.4 Å². The van der Waals surface area contributed by atoms with Gasteiger partial charge in [-0.2, -0.15) is 0 Å². The summed E-state index contributed by atoms with van der Waals surface area (Å²) in [6.07, 6.45) is 6.16. The Bertz CT molecular complexity index is 505. The van der Waals surface area contributed by atoms with Crippen LogP contribution in [-0.4, -0.2) is 54.0 Å². The highest BCUT2D eigenvalue weighted by Gasteiger charge is 2.27. The topological polar surface area (TPSA) is 35.6 Å². The highest BCUT2D eigenvalue weighted by Crippen LogP contribution is 2.18. The molecule has 132 valence electrons. The smallest absolute Gasteiger partial charge is 0.237 e. The molecule has 1 saturated heterocycles. The predicted octanol–water partition coefficient (Wildman–Crippen LogP) is 2.64. The van der Waals surface area contributed by atoms with Gasteiger partial charge in [0.2, 0.25) is 5.91 Å². The molecule has 4 heteroatoms. The number of nitrogens with one attached hydrogen (secondary N) is 1. The Hall–Kier alpha value is -1.39. The number of carbonyl (C=O) groups is 1. The minimum Gasteiger partial charge on any atom is -0.352 e. The lowest BCUT2D eigenvalue weighted by atomic mass is 9.95. The summed E-state index contributed by atoms with van der Waals surface area (Å²) in [5.74, 6) is 0.221. The maximum absolute atomic E-state index is 12.5. The highest BCUT2D eigenvalue weighted by atomic mass is 16.2. The van der Waals surface area contributed by atoms with E-state index >= 15 is 0 Å². The van der Waals surface area contributed by atoms with Gasteiger partial charge in [0, 0.05) is 38.8 Å². The van der Waals surface area contributed by atoms with E-state index in [0.717, 1.165) is 45.6 Å². The van der Waals surface area contributed by atoms with Crippen LogP contribution >= 0.6 is 0 Å². The zero-order valence-corrected chi connectivity index (χ0v) is 14.9. The lowest BCUT2D eigenvalue weighted by Gasteiger charge is -2.38. The first-order valence-corrected chi connectivity index (χ1v) is 9.53. The van der Waals surface area contributed by atoms with Crippen LogP contribution in [0, 0.1) is 0 Å². The molecule has 1 amide bonds. The van der Waals surface area contributed by atoms with Crippen LogP contribution in [0.25, 0.3) is 0 Å². The molecule has 0 bridgehead atoms. The fourth-order valence-electron chi connectivity index (χ4n) is 3.88. The summed E-state index contributed by atoms with van der Waals surface area (Å²) in [5.41, 5.74) is 1.37. The van der Waals surface area contributed by atoms with E-state index in [9.17, 15) is 4.79 Å². The molecule has 3 rings (SSSR count). The van der Waals surface area contributed by atoms with E-state index in [1.165, 1.54) is 24.8 Å². The second kappa shape index (κ2) is 8.63. The second-order valence-electron chi connectivity index (χ2n) is 7.32. The molecule has 0 unspecified atom stereocenters. The number of piperazine rings is 1. The number of hydrogen-bond acceptors (Lipinski definition) is 3. The molecule has 0 aromatic heterocycles. The lowest BCUT2D eigenvalue weighted by Crippen LogP contribution is -2.54. The number of benzene rings is 1. The summed E-state index contributed by atoms with van der Waals surface area (Å²) >= 11 is 0. The van der Waals surface area contributed by atoms with E-state index in [1.807, 2.05) is 0 Å². The van der Waals surface area contributed by atoms with Crippen molar-refractivity contribution < 1.29 is 4.79 Å². The van der Waals surface area contributed by atoms with Crippen molar-refractivity contribution >= 4 is 5.91 Å². The Labute approximate surface area is 146 Å². The van der Waals surface area contributed by atoms with Gasteiger partial charge < -0.3 is 5.32 Å². The third kappa shape index (κ3) is 4.81. The molecular weight excluding hydrogens is 298 g/mol. The number of rotatable bonds is 5. The van der Waals surface area contributed by atoms with Crippen molar-refractivity contribution in [1.82, 2.24) is 15.1 Å². The Balaban J connectivity index is 1.42. The number of amides is 1. The van der Waals surface area contributed by atoms with E-state index in [1.54, 1.807) is 0 Å². The molecule has 4 nitrogen and oxygen atoms in total. The number of nitrogens with zero attached hydrogens (tertiary/aromatic N) is 2. The summed E-state index contributed by atoms with van der Waals surface area (Å²) in [7, 11) is 0. The van der Waals surface area contributed by atoms with Gasteiger partial charge in [0.25, 0.3) is 0 Å². The zero-order chi connectivity index (χ0) is 16.8. The fraction of sp³-hybridized carbons (Fsp3) is 0.650. The average Bonchev–Trinajstić information content (AvgIpc) is 2.63. The second-order valence-corrected chi connectivity index (χ2v) is 7.32. The highest BCUT2D eigenvalue weighted by molar-refractivity contribution is 5.81. The fourth-order valence-corrected chi connectivity index (χ4v) is 3.88. The lowest BCUT2D eigenvalue weighted by molar-refractivity contribution is -0.127. The molecule has 1 atom stereocenters. The molecule has 1 saturated carbocycles. The maximum atomic E-state index is 12.5. The Morgan fingerprint density at radius 1 is 1.08 bits per heavy atom. The number of carbonyl (C=O) groups excluding carboxylic acids is 1. The Kier molecular flexibility index (Phi) is 6.27. The van der Waals surface area contributed by atoms with Crippen LogP contribution in [0.4, 0.5) is 0 Å². The molecule has 2 fully saturated rings. The molecule has 2 aliphatic rings. The van der Waals surface area contributed by atoms with Gasteiger partial charge in [0.05, 0.1) is 6.04 Å². The Morgan fingerprint density at radius 3 is 2.42 bits per heavy atom. The van der Waals surface area contributed by atoms with Crippen molar-refractivity contribution in [2.45, 2.75) is 57.7 Å². The molecule has 1 N–H and O–H groups in total. The summed E-state index contributed by atoms with van der Waals surface area (Å²) in [5, 5.41) is 3.27.